The number of hydrogen-bond donors (Lipinski definition) is 1. The molecule has 0 aliphatic heterocycles. The number of carbonyl (C=O) groups is 1. The van der Waals surface area contributed by atoms with Gasteiger partial charge in [-0.2, -0.15) is 5.10 Å². The van der Waals surface area contributed by atoms with Crippen molar-refractivity contribution < 1.29 is 9.90 Å². The van der Waals surface area contributed by atoms with Crippen LogP contribution in [0.5, 0.6) is 0 Å². The summed E-state index contributed by atoms with van der Waals surface area (Å²) in [6.07, 6.45) is 2.80. The third-order valence-corrected chi connectivity index (χ3v) is 4.18. The van der Waals surface area contributed by atoms with Crippen LogP contribution in [0.25, 0.3) is 11.5 Å². The van der Waals surface area contributed by atoms with Gasteiger partial charge in [-0.25, -0.2) is 9.48 Å². The van der Waals surface area contributed by atoms with E-state index in [4.69, 9.17) is 0 Å². The van der Waals surface area contributed by atoms with Crippen LogP contribution in [-0.4, -0.2) is 41.1 Å². The summed E-state index contributed by atoms with van der Waals surface area (Å²) in [5.41, 5.74) is 0.708. The van der Waals surface area contributed by atoms with Gasteiger partial charge in [0.15, 0.2) is 5.54 Å². The summed E-state index contributed by atoms with van der Waals surface area (Å²) in [5.74, 6) is -0.397. The Labute approximate surface area is 121 Å². The lowest BCUT2D eigenvalue weighted by Crippen LogP contribution is -2.48. The van der Waals surface area contributed by atoms with Crippen LogP contribution in [0.2, 0.25) is 0 Å². The van der Waals surface area contributed by atoms with Crippen LogP contribution in [0.3, 0.4) is 0 Å². The number of nitrogens with zero attached hydrogens (tertiary/aromatic N) is 6. The van der Waals surface area contributed by atoms with E-state index in [1.165, 1.54) is 4.68 Å². The molecule has 2 aromatic heterocycles. The second-order valence-corrected chi connectivity index (χ2v) is 5.29. The summed E-state index contributed by atoms with van der Waals surface area (Å²) < 4.78 is 3.27. The topological polar surface area (TPSA) is 98.7 Å². The highest BCUT2D eigenvalue weighted by Gasteiger charge is 2.49. The molecule has 0 amide bonds. The Kier molecular flexibility index (Phi) is 3.23. The van der Waals surface area contributed by atoms with Crippen LogP contribution >= 0.6 is 0 Å². The molecule has 1 saturated carbocycles. The number of hydrogen-bond acceptors (Lipinski definition) is 5. The molecule has 0 bridgehead atoms. The number of tetrazole rings is 1. The first-order chi connectivity index (χ1) is 10.1. The van der Waals surface area contributed by atoms with Crippen LogP contribution in [0.4, 0.5) is 0 Å². The minimum atomic E-state index is -1.01. The molecule has 1 fully saturated rings. The van der Waals surface area contributed by atoms with Crippen molar-refractivity contribution in [1.82, 2.24) is 30.0 Å². The van der Waals surface area contributed by atoms with Crippen molar-refractivity contribution in [3.05, 3.63) is 11.8 Å². The molecule has 8 heteroatoms. The lowest BCUT2D eigenvalue weighted by molar-refractivity contribution is -0.153. The zero-order chi connectivity index (χ0) is 15.0. The largest absolute Gasteiger partial charge is 0.479 e. The molecule has 1 aliphatic rings. The molecule has 1 N–H and O–H groups in total. The predicted octanol–water partition coefficient (Wildman–Crippen LogP) is 1.08. The molecule has 0 spiro atoms. The van der Waals surface area contributed by atoms with E-state index in [0.29, 0.717) is 25.2 Å². The van der Waals surface area contributed by atoms with Gasteiger partial charge in [0.25, 0.3) is 0 Å². The molecule has 0 aromatic carbocycles. The van der Waals surface area contributed by atoms with Crippen LogP contribution in [-0.2, 0) is 23.3 Å². The quantitative estimate of drug-likeness (QED) is 0.884. The fourth-order valence-corrected chi connectivity index (χ4v) is 2.73. The Balaban J connectivity index is 2.11. The van der Waals surface area contributed by atoms with Crippen molar-refractivity contribution >= 4 is 5.97 Å². The molecule has 0 radical (unpaired) electrons. The molecule has 0 atom stereocenters. The van der Waals surface area contributed by atoms with E-state index in [0.717, 1.165) is 24.2 Å². The van der Waals surface area contributed by atoms with E-state index >= 15 is 0 Å². The third kappa shape index (κ3) is 1.93. The number of aliphatic carboxylic acids is 1. The van der Waals surface area contributed by atoms with Crippen molar-refractivity contribution in [1.29, 1.82) is 0 Å². The summed E-state index contributed by atoms with van der Waals surface area (Å²) in [5, 5.41) is 25.7. The zero-order valence-corrected chi connectivity index (χ0v) is 12.2. The first-order valence-corrected chi connectivity index (χ1v) is 7.21. The average molecular weight is 290 g/mol. The lowest BCUT2D eigenvalue weighted by atomic mass is 9.77. The van der Waals surface area contributed by atoms with Gasteiger partial charge < -0.3 is 5.11 Å². The number of rotatable bonds is 5. The van der Waals surface area contributed by atoms with Gasteiger partial charge in [-0.15, -0.1) is 5.10 Å². The summed E-state index contributed by atoms with van der Waals surface area (Å²) in [7, 11) is 0. The maximum absolute atomic E-state index is 11.7. The van der Waals surface area contributed by atoms with Crippen molar-refractivity contribution in [2.24, 2.45) is 0 Å². The van der Waals surface area contributed by atoms with E-state index < -0.39 is 11.5 Å². The first-order valence-electron chi connectivity index (χ1n) is 7.21. The van der Waals surface area contributed by atoms with Crippen LogP contribution in [0.15, 0.2) is 6.07 Å². The van der Waals surface area contributed by atoms with Crippen molar-refractivity contribution in [3.63, 3.8) is 0 Å². The van der Waals surface area contributed by atoms with E-state index in [-0.39, 0.29) is 0 Å². The number of carboxylic acids is 1. The molecule has 1 aliphatic carbocycles. The van der Waals surface area contributed by atoms with Gasteiger partial charge in [0.05, 0.1) is 5.69 Å². The van der Waals surface area contributed by atoms with Gasteiger partial charge >= 0.3 is 5.97 Å². The molecular formula is C13H18N6O2. The van der Waals surface area contributed by atoms with Crippen molar-refractivity contribution in [2.45, 2.75) is 51.6 Å². The van der Waals surface area contributed by atoms with Crippen LogP contribution in [0, 0.1) is 0 Å². The fourth-order valence-electron chi connectivity index (χ4n) is 2.73. The summed E-state index contributed by atoms with van der Waals surface area (Å²) in [6.45, 7) is 4.70. The Morgan fingerprint density at radius 3 is 2.71 bits per heavy atom. The standard InChI is InChI=1S/C13H18N6O2/c1-3-9-8-10(18(4-2)15-9)11-14-16-17-19(11)13(12(20)21)6-5-7-13/h8H,3-7H2,1-2H3,(H,20,21). The monoisotopic (exact) mass is 290 g/mol. The normalized spacial score (nSPS) is 16.7. The van der Waals surface area contributed by atoms with E-state index in [1.807, 2.05) is 24.6 Å². The maximum Gasteiger partial charge on any atom is 0.331 e. The fraction of sp³-hybridized carbons (Fsp3) is 0.615. The van der Waals surface area contributed by atoms with Gasteiger partial charge in [-0.1, -0.05) is 6.92 Å². The minimum absolute atomic E-state index is 0.478. The SMILES string of the molecule is CCc1cc(-c2nnnn2C2(C(=O)O)CCC2)n(CC)n1. The molecule has 21 heavy (non-hydrogen) atoms. The van der Waals surface area contributed by atoms with Crippen molar-refractivity contribution in [2.75, 3.05) is 0 Å². The number of aryl methyl sites for hydroxylation is 2. The molecule has 3 rings (SSSR count). The predicted molar refractivity (Wildman–Crippen MR) is 73.6 cm³/mol. The second kappa shape index (κ2) is 4.94. The van der Waals surface area contributed by atoms with E-state index in [2.05, 4.69) is 20.6 Å². The number of aromatic nitrogens is 6. The average Bonchev–Trinajstić information content (AvgIpc) is 3.02. The molecule has 8 nitrogen and oxygen atoms in total. The Morgan fingerprint density at radius 2 is 2.19 bits per heavy atom. The summed E-state index contributed by atoms with van der Waals surface area (Å²) >= 11 is 0. The Bertz CT molecular complexity index is 670. The molecule has 2 heterocycles. The van der Waals surface area contributed by atoms with Gasteiger partial charge in [-0.05, 0) is 49.1 Å². The Hall–Kier alpha value is -2.25. The van der Waals surface area contributed by atoms with Gasteiger partial charge in [0.2, 0.25) is 5.82 Å². The smallest absolute Gasteiger partial charge is 0.331 e. The second-order valence-electron chi connectivity index (χ2n) is 5.29. The van der Waals surface area contributed by atoms with E-state index in [1.54, 1.807) is 0 Å². The molecule has 0 unspecified atom stereocenters. The summed E-state index contributed by atoms with van der Waals surface area (Å²) in [6, 6.07) is 1.93. The molecule has 112 valence electrons. The van der Waals surface area contributed by atoms with E-state index in [9.17, 15) is 9.90 Å². The minimum Gasteiger partial charge on any atom is -0.479 e. The molecule has 0 saturated heterocycles. The highest BCUT2D eigenvalue weighted by atomic mass is 16.4. The number of carboxylic acid groups (broad SMARTS) is 1. The highest BCUT2D eigenvalue weighted by molar-refractivity contribution is 5.78. The van der Waals surface area contributed by atoms with Crippen molar-refractivity contribution in [3.8, 4) is 11.5 Å². The van der Waals surface area contributed by atoms with Crippen LogP contribution in [0.1, 0.15) is 38.8 Å². The molecule has 2 aromatic rings. The van der Waals surface area contributed by atoms with Gasteiger partial charge in [0, 0.05) is 6.54 Å². The zero-order valence-electron chi connectivity index (χ0n) is 12.2. The lowest BCUT2D eigenvalue weighted by Gasteiger charge is -2.37. The summed E-state index contributed by atoms with van der Waals surface area (Å²) in [4.78, 5) is 11.7. The van der Waals surface area contributed by atoms with Gasteiger partial charge in [-0.3, -0.25) is 4.68 Å². The maximum atomic E-state index is 11.7. The third-order valence-electron chi connectivity index (χ3n) is 4.18. The first kappa shape index (κ1) is 13.7. The molecular weight excluding hydrogens is 272 g/mol. The highest BCUT2D eigenvalue weighted by Crippen LogP contribution is 2.40. The van der Waals surface area contributed by atoms with Crippen LogP contribution < -0.4 is 0 Å². The Morgan fingerprint density at radius 1 is 1.43 bits per heavy atom. The van der Waals surface area contributed by atoms with Gasteiger partial charge in [0.1, 0.15) is 5.69 Å².